The summed E-state index contributed by atoms with van der Waals surface area (Å²) in [5, 5.41) is 28.8. The summed E-state index contributed by atoms with van der Waals surface area (Å²) < 4.78 is 1.45. The highest BCUT2D eigenvalue weighted by atomic mass is 35.5. The maximum Gasteiger partial charge on any atom is 0.407 e. The molecular weight excluding hydrogens is 408 g/mol. The van der Waals surface area contributed by atoms with Crippen LogP contribution in [-0.4, -0.2) is 62.0 Å². The van der Waals surface area contributed by atoms with Gasteiger partial charge in [0.2, 0.25) is 0 Å². The summed E-state index contributed by atoms with van der Waals surface area (Å²) in [6.45, 7) is 0.948. The largest absolute Gasteiger partial charge is 0.465 e. The monoisotopic (exact) mass is 430 g/mol. The molecule has 0 radical (unpaired) electrons. The van der Waals surface area contributed by atoms with Crippen molar-refractivity contribution < 1.29 is 14.7 Å². The number of rotatable bonds is 6. The molecule has 3 atom stereocenters. The summed E-state index contributed by atoms with van der Waals surface area (Å²) in [6, 6.07) is 9.49. The number of likely N-dealkylation sites (tertiary alicyclic amines) is 1. The SMILES string of the molecule is Cn1cc(C(=O)NCCC2C(Cl)CN(C(=O)O)CC2Cc2ccccc2C#N)nn1. The number of benzene rings is 1. The highest BCUT2D eigenvalue weighted by Crippen LogP contribution is 2.33. The lowest BCUT2D eigenvalue weighted by molar-refractivity contribution is 0.0906. The molecule has 2 aromatic rings. The van der Waals surface area contributed by atoms with E-state index >= 15 is 0 Å². The van der Waals surface area contributed by atoms with Crippen LogP contribution < -0.4 is 5.32 Å². The fraction of sp³-hybridized carbons (Fsp3) is 0.450. The third kappa shape index (κ3) is 5.07. The zero-order valence-corrected chi connectivity index (χ0v) is 17.3. The van der Waals surface area contributed by atoms with E-state index in [4.69, 9.17) is 11.6 Å². The Morgan fingerprint density at radius 2 is 2.13 bits per heavy atom. The zero-order valence-electron chi connectivity index (χ0n) is 16.5. The average Bonchev–Trinajstić information content (AvgIpc) is 3.16. The van der Waals surface area contributed by atoms with Gasteiger partial charge in [-0.2, -0.15) is 5.26 Å². The molecule has 1 aliphatic rings. The second-order valence-electron chi connectivity index (χ2n) is 7.42. The van der Waals surface area contributed by atoms with Crippen molar-refractivity contribution in [2.75, 3.05) is 19.6 Å². The summed E-state index contributed by atoms with van der Waals surface area (Å²) >= 11 is 6.58. The molecule has 2 N–H and O–H groups in total. The number of carboxylic acid groups (broad SMARTS) is 1. The maximum atomic E-state index is 12.2. The molecule has 0 saturated carbocycles. The van der Waals surface area contributed by atoms with Gasteiger partial charge in [-0.25, -0.2) is 4.79 Å². The first-order chi connectivity index (χ1) is 14.4. The van der Waals surface area contributed by atoms with E-state index in [0.717, 1.165) is 5.56 Å². The average molecular weight is 431 g/mol. The summed E-state index contributed by atoms with van der Waals surface area (Å²) in [5.74, 6) is -0.403. The Balaban J connectivity index is 1.69. The molecule has 10 heteroatoms. The van der Waals surface area contributed by atoms with Crippen molar-refractivity contribution in [3.8, 4) is 6.07 Å². The number of nitriles is 1. The first-order valence-electron chi connectivity index (χ1n) is 9.63. The Morgan fingerprint density at radius 3 is 2.80 bits per heavy atom. The molecule has 3 rings (SSSR count). The van der Waals surface area contributed by atoms with E-state index in [1.165, 1.54) is 15.8 Å². The summed E-state index contributed by atoms with van der Waals surface area (Å²) in [6.07, 6.45) is 1.66. The lowest BCUT2D eigenvalue weighted by Gasteiger charge is -2.41. The van der Waals surface area contributed by atoms with E-state index in [1.807, 2.05) is 12.1 Å². The van der Waals surface area contributed by atoms with Gasteiger partial charge in [0.1, 0.15) is 0 Å². The number of nitrogens with one attached hydrogen (secondary N) is 1. The van der Waals surface area contributed by atoms with E-state index in [-0.39, 0.29) is 35.4 Å². The van der Waals surface area contributed by atoms with Crippen molar-refractivity contribution in [2.24, 2.45) is 18.9 Å². The highest BCUT2D eigenvalue weighted by Gasteiger charge is 2.37. The number of halogens is 1. The van der Waals surface area contributed by atoms with E-state index in [0.29, 0.717) is 31.5 Å². The van der Waals surface area contributed by atoms with Gasteiger partial charge in [-0.05, 0) is 36.3 Å². The van der Waals surface area contributed by atoms with Crippen LogP contribution in [0.1, 0.15) is 28.0 Å². The third-order valence-corrected chi connectivity index (χ3v) is 5.87. The second kappa shape index (κ2) is 9.59. The van der Waals surface area contributed by atoms with Crippen LogP contribution in [0.15, 0.2) is 30.5 Å². The standard InChI is InChI=1S/C20H23ClN6O3/c1-26-12-18(24-25-26)19(28)23-7-6-16-15(10-27(20(29)30)11-17(16)21)8-13-4-2-3-5-14(13)9-22/h2-5,12,15-17H,6-8,10-11H2,1H3,(H,23,28)(H,29,30). The zero-order chi connectivity index (χ0) is 21.7. The molecule has 0 aliphatic carbocycles. The first-order valence-corrected chi connectivity index (χ1v) is 10.1. The van der Waals surface area contributed by atoms with Crippen molar-refractivity contribution in [1.29, 1.82) is 5.26 Å². The molecule has 9 nitrogen and oxygen atoms in total. The number of carbonyl (C=O) groups is 2. The number of piperidine rings is 1. The van der Waals surface area contributed by atoms with Gasteiger partial charge >= 0.3 is 6.09 Å². The number of hydrogen-bond acceptors (Lipinski definition) is 5. The normalized spacial score (nSPS) is 21.1. The number of carbonyl (C=O) groups excluding carboxylic acids is 1. The van der Waals surface area contributed by atoms with Gasteiger partial charge in [-0.1, -0.05) is 23.4 Å². The van der Waals surface area contributed by atoms with Gasteiger partial charge in [0.25, 0.3) is 5.91 Å². The second-order valence-corrected chi connectivity index (χ2v) is 7.98. The molecule has 158 valence electrons. The van der Waals surface area contributed by atoms with Crippen LogP contribution >= 0.6 is 11.6 Å². The topological polar surface area (TPSA) is 124 Å². The van der Waals surface area contributed by atoms with Crippen molar-refractivity contribution in [3.63, 3.8) is 0 Å². The highest BCUT2D eigenvalue weighted by molar-refractivity contribution is 6.21. The molecule has 3 unspecified atom stereocenters. The van der Waals surface area contributed by atoms with Crippen LogP contribution in [0.4, 0.5) is 4.79 Å². The van der Waals surface area contributed by atoms with Crippen LogP contribution in [0.5, 0.6) is 0 Å². The number of nitrogens with zero attached hydrogens (tertiary/aromatic N) is 5. The van der Waals surface area contributed by atoms with Gasteiger partial charge in [0.05, 0.1) is 23.2 Å². The number of aromatic nitrogens is 3. The Labute approximate surface area is 179 Å². The van der Waals surface area contributed by atoms with Crippen molar-refractivity contribution in [3.05, 3.63) is 47.3 Å². The van der Waals surface area contributed by atoms with E-state index < -0.39 is 6.09 Å². The summed E-state index contributed by atoms with van der Waals surface area (Å²) in [7, 11) is 1.68. The fourth-order valence-corrected chi connectivity index (χ4v) is 4.41. The van der Waals surface area contributed by atoms with E-state index in [2.05, 4.69) is 21.7 Å². The molecule has 30 heavy (non-hydrogen) atoms. The minimum absolute atomic E-state index is 0.0174. The Morgan fingerprint density at radius 1 is 1.37 bits per heavy atom. The van der Waals surface area contributed by atoms with Crippen molar-refractivity contribution in [1.82, 2.24) is 25.2 Å². The van der Waals surface area contributed by atoms with Crippen molar-refractivity contribution >= 4 is 23.6 Å². The predicted molar refractivity (Wildman–Crippen MR) is 109 cm³/mol. The van der Waals surface area contributed by atoms with Crippen LogP contribution in [0.2, 0.25) is 0 Å². The Bertz CT molecular complexity index is 956. The number of alkyl halides is 1. The molecule has 1 aromatic carbocycles. The fourth-order valence-electron chi connectivity index (χ4n) is 3.91. The molecule has 1 aliphatic heterocycles. The molecule has 1 saturated heterocycles. The smallest absolute Gasteiger partial charge is 0.407 e. The van der Waals surface area contributed by atoms with Crippen LogP contribution in [0, 0.1) is 23.2 Å². The van der Waals surface area contributed by atoms with Crippen molar-refractivity contribution in [2.45, 2.75) is 18.2 Å². The van der Waals surface area contributed by atoms with Gasteiger partial charge in [-0.15, -0.1) is 16.7 Å². The minimum Gasteiger partial charge on any atom is -0.465 e. The van der Waals surface area contributed by atoms with Gasteiger partial charge < -0.3 is 15.3 Å². The van der Waals surface area contributed by atoms with Gasteiger partial charge in [0.15, 0.2) is 5.69 Å². The molecular formula is C20H23ClN6O3. The lowest BCUT2D eigenvalue weighted by atomic mass is 9.78. The third-order valence-electron chi connectivity index (χ3n) is 5.41. The first kappa shape index (κ1) is 21.6. The lowest BCUT2D eigenvalue weighted by Crippen LogP contribution is -2.50. The quantitative estimate of drug-likeness (QED) is 0.674. The molecule has 0 bridgehead atoms. The summed E-state index contributed by atoms with van der Waals surface area (Å²) in [5.41, 5.74) is 1.68. The molecule has 2 amide bonds. The Kier molecular flexibility index (Phi) is 6.90. The van der Waals surface area contributed by atoms with Gasteiger partial charge in [-0.3, -0.25) is 9.48 Å². The van der Waals surface area contributed by atoms with Crippen LogP contribution in [0.25, 0.3) is 0 Å². The van der Waals surface area contributed by atoms with Gasteiger partial charge in [0, 0.05) is 26.7 Å². The summed E-state index contributed by atoms with van der Waals surface area (Å²) in [4.78, 5) is 25.1. The number of hydrogen-bond donors (Lipinski definition) is 2. The Hall–Kier alpha value is -3.12. The predicted octanol–water partition coefficient (Wildman–Crippen LogP) is 1.88. The number of amides is 2. The maximum absolute atomic E-state index is 12.2. The molecule has 1 fully saturated rings. The van der Waals surface area contributed by atoms with Crippen LogP contribution in [0.3, 0.4) is 0 Å². The van der Waals surface area contributed by atoms with Crippen LogP contribution in [-0.2, 0) is 13.5 Å². The molecule has 2 heterocycles. The molecule has 1 aromatic heterocycles. The minimum atomic E-state index is -1.01. The molecule has 0 spiro atoms. The number of aryl methyl sites for hydroxylation is 1. The van der Waals surface area contributed by atoms with E-state index in [9.17, 15) is 20.0 Å². The van der Waals surface area contributed by atoms with E-state index in [1.54, 1.807) is 19.2 Å².